The first-order valence-electron chi connectivity index (χ1n) is 17.7. The summed E-state index contributed by atoms with van der Waals surface area (Å²) >= 11 is 0. The molecule has 0 radical (unpaired) electrons. The summed E-state index contributed by atoms with van der Waals surface area (Å²) in [5, 5.41) is 3.32. The standard InChI is InChI=1S/C36H63NO13/c1-5-6-12-37-33-9-7-32(8-10-33)35(39)49-31-30-48-29-28-47-27-26-46-25-24-45-23-22-44-21-20-43-19-18-42-17-16-41-15-14-40-13-11-34(38)50-36(2,3)4/h7-10,37H,5-6,11-31H2,1-4H3. The molecule has 1 N–H and O–H groups in total. The van der Waals surface area contributed by atoms with E-state index < -0.39 is 5.60 Å². The number of hydrogen-bond donors (Lipinski definition) is 1. The van der Waals surface area contributed by atoms with E-state index in [0.717, 1.165) is 25.1 Å². The first-order valence-corrected chi connectivity index (χ1v) is 17.7. The van der Waals surface area contributed by atoms with E-state index in [1.54, 1.807) is 12.1 Å². The predicted octanol–water partition coefficient (Wildman–Crippen LogP) is 3.94. The lowest BCUT2D eigenvalue weighted by Crippen LogP contribution is -2.24. The van der Waals surface area contributed by atoms with Gasteiger partial charge in [0.25, 0.3) is 0 Å². The van der Waals surface area contributed by atoms with Crippen LogP contribution in [0, 0.1) is 0 Å². The minimum Gasteiger partial charge on any atom is -0.460 e. The van der Waals surface area contributed by atoms with Crippen LogP contribution in [-0.4, -0.2) is 150 Å². The average Bonchev–Trinajstić information content (AvgIpc) is 3.08. The van der Waals surface area contributed by atoms with Gasteiger partial charge in [-0.15, -0.1) is 0 Å². The fourth-order valence-electron chi connectivity index (χ4n) is 3.82. The summed E-state index contributed by atoms with van der Waals surface area (Å²) in [6, 6.07) is 7.28. The summed E-state index contributed by atoms with van der Waals surface area (Å²) < 4.78 is 59.5. The molecule has 0 heterocycles. The molecule has 0 unspecified atom stereocenters. The Morgan fingerprint density at radius 1 is 0.540 bits per heavy atom. The highest BCUT2D eigenvalue weighted by molar-refractivity contribution is 5.89. The van der Waals surface area contributed by atoms with E-state index in [1.807, 2.05) is 32.9 Å². The summed E-state index contributed by atoms with van der Waals surface area (Å²) in [7, 11) is 0. The molecule has 0 aliphatic carbocycles. The van der Waals surface area contributed by atoms with Crippen molar-refractivity contribution in [1.29, 1.82) is 0 Å². The SMILES string of the molecule is CCCCNc1ccc(C(=O)OCCOCCOCCOCCOCCOCCOCCOCCOCCOCCC(=O)OC(C)(C)C)cc1. The van der Waals surface area contributed by atoms with Crippen molar-refractivity contribution in [2.45, 2.75) is 52.6 Å². The quantitative estimate of drug-likeness (QED) is 0.0799. The third kappa shape index (κ3) is 30.4. The van der Waals surface area contributed by atoms with E-state index in [2.05, 4.69) is 12.2 Å². The molecule has 0 aliphatic rings. The third-order valence-corrected chi connectivity index (χ3v) is 6.29. The van der Waals surface area contributed by atoms with Gasteiger partial charge in [0, 0.05) is 12.2 Å². The van der Waals surface area contributed by atoms with Gasteiger partial charge in [-0.05, 0) is 51.5 Å². The lowest BCUT2D eigenvalue weighted by Gasteiger charge is -2.19. The maximum Gasteiger partial charge on any atom is 0.338 e. The topological polar surface area (TPSA) is 148 Å². The van der Waals surface area contributed by atoms with Crippen molar-refractivity contribution >= 4 is 17.6 Å². The summed E-state index contributed by atoms with van der Waals surface area (Å²) in [5.74, 6) is -0.633. The van der Waals surface area contributed by atoms with Crippen LogP contribution in [0.3, 0.4) is 0 Å². The lowest BCUT2D eigenvalue weighted by atomic mass is 10.2. The van der Waals surface area contributed by atoms with Crippen LogP contribution < -0.4 is 5.32 Å². The Balaban J connectivity index is 1.72. The van der Waals surface area contributed by atoms with Crippen molar-refractivity contribution in [2.75, 3.05) is 137 Å². The first kappa shape index (κ1) is 45.6. The molecule has 1 aromatic rings. The molecule has 1 rings (SSSR count). The molecule has 50 heavy (non-hydrogen) atoms. The molecule has 0 bridgehead atoms. The predicted molar refractivity (Wildman–Crippen MR) is 188 cm³/mol. The maximum atomic E-state index is 12.1. The Bertz CT molecular complexity index is 928. The van der Waals surface area contributed by atoms with Crippen molar-refractivity contribution in [3.8, 4) is 0 Å². The Hall–Kier alpha value is -2.40. The fraction of sp³-hybridized carbons (Fsp3) is 0.778. The van der Waals surface area contributed by atoms with Crippen molar-refractivity contribution < 1.29 is 61.7 Å². The summed E-state index contributed by atoms with van der Waals surface area (Å²) in [5.41, 5.74) is 1.03. The third-order valence-electron chi connectivity index (χ3n) is 6.29. The molecule has 14 nitrogen and oxygen atoms in total. The molecule has 0 saturated carbocycles. The van der Waals surface area contributed by atoms with Crippen LogP contribution in [0.1, 0.15) is 57.3 Å². The number of ether oxygens (including phenoxy) is 11. The summed E-state index contributed by atoms with van der Waals surface area (Å²) in [4.78, 5) is 23.7. The normalized spacial score (nSPS) is 11.5. The highest BCUT2D eigenvalue weighted by Gasteiger charge is 2.15. The average molecular weight is 718 g/mol. The van der Waals surface area contributed by atoms with Crippen LogP contribution in [0.4, 0.5) is 5.69 Å². The van der Waals surface area contributed by atoms with E-state index in [1.165, 1.54) is 0 Å². The maximum absolute atomic E-state index is 12.1. The zero-order chi connectivity index (χ0) is 36.4. The van der Waals surface area contributed by atoms with E-state index >= 15 is 0 Å². The number of hydrogen-bond acceptors (Lipinski definition) is 14. The van der Waals surface area contributed by atoms with E-state index in [4.69, 9.17) is 52.1 Å². The highest BCUT2D eigenvalue weighted by atomic mass is 16.6. The van der Waals surface area contributed by atoms with Gasteiger partial charge in [0.15, 0.2) is 0 Å². The Morgan fingerprint density at radius 2 is 0.900 bits per heavy atom. The van der Waals surface area contributed by atoms with Gasteiger partial charge >= 0.3 is 11.9 Å². The van der Waals surface area contributed by atoms with Crippen LogP contribution in [0.15, 0.2) is 24.3 Å². The van der Waals surface area contributed by atoms with Crippen molar-refractivity contribution in [3.63, 3.8) is 0 Å². The molecule has 0 fully saturated rings. The van der Waals surface area contributed by atoms with E-state index in [-0.39, 0.29) is 25.0 Å². The van der Waals surface area contributed by atoms with Crippen LogP contribution in [0.2, 0.25) is 0 Å². The van der Waals surface area contributed by atoms with Gasteiger partial charge in [-0.1, -0.05) is 13.3 Å². The van der Waals surface area contributed by atoms with Crippen molar-refractivity contribution in [3.05, 3.63) is 29.8 Å². The molecule has 14 heteroatoms. The molecule has 0 amide bonds. The second-order valence-electron chi connectivity index (χ2n) is 11.8. The van der Waals surface area contributed by atoms with Gasteiger partial charge in [-0.3, -0.25) is 4.79 Å². The van der Waals surface area contributed by atoms with Crippen LogP contribution in [-0.2, 0) is 56.9 Å². The van der Waals surface area contributed by atoms with Gasteiger partial charge < -0.3 is 57.4 Å². The molecular formula is C36H63NO13. The summed E-state index contributed by atoms with van der Waals surface area (Å²) in [6.45, 7) is 16.7. The number of carbonyl (C=O) groups excluding carboxylic acids is 2. The number of esters is 2. The van der Waals surface area contributed by atoms with Gasteiger partial charge in [-0.2, -0.15) is 0 Å². The van der Waals surface area contributed by atoms with Crippen molar-refractivity contribution in [1.82, 2.24) is 0 Å². The Morgan fingerprint density at radius 3 is 1.26 bits per heavy atom. The van der Waals surface area contributed by atoms with Crippen LogP contribution in [0.25, 0.3) is 0 Å². The molecular weight excluding hydrogens is 654 g/mol. The molecule has 0 saturated heterocycles. The lowest BCUT2D eigenvalue weighted by molar-refractivity contribution is -0.156. The minimum absolute atomic E-state index is 0.186. The molecule has 0 aromatic heterocycles. The zero-order valence-electron chi connectivity index (χ0n) is 30.9. The second-order valence-corrected chi connectivity index (χ2v) is 11.8. The molecule has 1 aromatic carbocycles. The molecule has 0 aliphatic heterocycles. The number of carbonyl (C=O) groups is 2. The first-order chi connectivity index (χ1) is 24.3. The van der Waals surface area contributed by atoms with Crippen LogP contribution in [0.5, 0.6) is 0 Å². The number of benzene rings is 1. The van der Waals surface area contributed by atoms with Gasteiger partial charge in [0.05, 0.1) is 131 Å². The smallest absolute Gasteiger partial charge is 0.338 e. The number of unbranched alkanes of at least 4 members (excludes halogenated alkanes) is 1. The molecule has 0 atom stereocenters. The van der Waals surface area contributed by atoms with Crippen LogP contribution >= 0.6 is 0 Å². The van der Waals surface area contributed by atoms with Crippen molar-refractivity contribution in [2.24, 2.45) is 0 Å². The number of anilines is 1. The monoisotopic (exact) mass is 717 g/mol. The van der Waals surface area contributed by atoms with Gasteiger partial charge in [0.1, 0.15) is 12.2 Å². The Kier molecular flexibility index (Phi) is 29.7. The minimum atomic E-state index is -0.478. The van der Waals surface area contributed by atoms with Gasteiger partial charge in [0.2, 0.25) is 0 Å². The van der Waals surface area contributed by atoms with Gasteiger partial charge in [-0.25, -0.2) is 4.79 Å². The molecule has 0 spiro atoms. The van der Waals surface area contributed by atoms with E-state index in [9.17, 15) is 9.59 Å². The Labute approximate surface area is 299 Å². The number of rotatable bonds is 35. The summed E-state index contributed by atoms with van der Waals surface area (Å²) in [6.07, 6.45) is 2.47. The second kappa shape index (κ2) is 32.5. The zero-order valence-corrected chi connectivity index (χ0v) is 30.9. The molecule has 290 valence electrons. The highest BCUT2D eigenvalue weighted by Crippen LogP contribution is 2.11. The fourth-order valence-corrected chi connectivity index (χ4v) is 3.82. The number of nitrogens with one attached hydrogen (secondary N) is 1. The van der Waals surface area contributed by atoms with E-state index in [0.29, 0.717) is 124 Å². The largest absolute Gasteiger partial charge is 0.460 e.